The zero-order valence-corrected chi connectivity index (χ0v) is 15.2. The quantitative estimate of drug-likeness (QED) is 0.869. The number of halogens is 1. The molecular weight excluding hydrogens is 346 g/mol. The Morgan fingerprint density at radius 3 is 2.54 bits per heavy atom. The maximum Gasteiger partial charge on any atom is 0.232 e. The zero-order valence-electron chi connectivity index (χ0n) is 13.6. The number of nitrogens with zero attached hydrogens (tertiary/aromatic N) is 1. The van der Waals surface area contributed by atoms with Gasteiger partial charge in [0.25, 0.3) is 0 Å². The highest BCUT2D eigenvalue weighted by molar-refractivity contribution is 7.09. The van der Waals surface area contributed by atoms with Crippen LogP contribution in [0.5, 0.6) is 0 Å². The van der Waals surface area contributed by atoms with Crippen LogP contribution < -0.4 is 11.1 Å². The van der Waals surface area contributed by atoms with Crippen LogP contribution in [0.2, 0.25) is 0 Å². The van der Waals surface area contributed by atoms with E-state index in [1.807, 2.05) is 36.6 Å². The number of aryl methyl sites for hydroxylation is 1. The largest absolute Gasteiger partial charge is 0.381 e. The summed E-state index contributed by atoms with van der Waals surface area (Å²) in [6.07, 6.45) is 1.34. The van der Waals surface area contributed by atoms with Gasteiger partial charge in [-0.15, -0.1) is 23.7 Å². The number of benzene rings is 1. The first-order valence-corrected chi connectivity index (χ1v) is 8.63. The van der Waals surface area contributed by atoms with Crippen molar-refractivity contribution in [1.82, 2.24) is 4.98 Å². The van der Waals surface area contributed by atoms with Gasteiger partial charge in [-0.05, 0) is 31.9 Å². The first kappa shape index (κ1) is 18.9. The smallest absolute Gasteiger partial charge is 0.232 e. The van der Waals surface area contributed by atoms with Crippen LogP contribution in [-0.4, -0.2) is 30.6 Å². The third kappa shape index (κ3) is 3.95. The number of amides is 1. The van der Waals surface area contributed by atoms with Crippen molar-refractivity contribution >= 4 is 35.3 Å². The Kier molecular flexibility index (Phi) is 6.34. The Morgan fingerprint density at radius 2 is 2.00 bits per heavy atom. The molecule has 130 valence electrons. The van der Waals surface area contributed by atoms with E-state index in [0.717, 1.165) is 22.0 Å². The summed E-state index contributed by atoms with van der Waals surface area (Å²) in [7, 11) is 0. The van der Waals surface area contributed by atoms with Crippen LogP contribution in [0.1, 0.15) is 17.8 Å². The molecule has 1 aliphatic rings. The van der Waals surface area contributed by atoms with Gasteiger partial charge in [-0.2, -0.15) is 0 Å². The Morgan fingerprint density at radius 1 is 1.33 bits per heavy atom. The Balaban J connectivity index is 0.00000208. The second kappa shape index (κ2) is 8.07. The van der Waals surface area contributed by atoms with Crippen LogP contribution in [0.4, 0.5) is 5.69 Å². The van der Waals surface area contributed by atoms with Crippen molar-refractivity contribution in [2.75, 3.05) is 25.1 Å². The molecule has 5 nitrogen and oxygen atoms in total. The summed E-state index contributed by atoms with van der Waals surface area (Å²) >= 11 is 1.63. The van der Waals surface area contributed by atoms with Crippen LogP contribution in [0.3, 0.4) is 0 Å². The van der Waals surface area contributed by atoms with E-state index in [1.54, 1.807) is 11.3 Å². The summed E-state index contributed by atoms with van der Waals surface area (Å²) < 4.78 is 5.35. The Bertz CT molecular complexity index is 681. The molecule has 2 aromatic rings. The fourth-order valence-electron chi connectivity index (χ4n) is 2.77. The average molecular weight is 368 g/mol. The lowest BCUT2D eigenvalue weighted by Crippen LogP contribution is -2.46. The highest BCUT2D eigenvalue weighted by atomic mass is 35.5. The number of anilines is 1. The first-order valence-electron chi connectivity index (χ1n) is 7.75. The first-order chi connectivity index (χ1) is 11.1. The summed E-state index contributed by atoms with van der Waals surface area (Å²) in [5.74, 6) is -0.0134. The van der Waals surface area contributed by atoms with Crippen molar-refractivity contribution in [3.8, 4) is 11.3 Å². The SMILES string of the molecule is Cc1nc(-c2ccc(NC(=O)C3(CN)CCOCC3)cc2)cs1.Cl. The van der Waals surface area contributed by atoms with Gasteiger partial charge < -0.3 is 15.8 Å². The number of hydrogen-bond donors (Lipinski definition) is 2. The summed E-state index contributed by atoms with van der Waals surface area (Å²) in [6.45, 7) is 3.51. The molecule has 0 aliphatic carbocycles. The normalized spacial score (nSPS) is 16.2. The van der Waals surface area contributed by atoms with Gasteiger partial charge in [0, 0.05) is 36.4 Å². The molecule has 7 heteroatoms. The van der Waals surface area contributed by atoms with Gasteiger partial charge in [-0.1, -0.05) is 12.1 Å². The second-order valence-corrected chi connectivity index (χ2v) is 6.94. The van der Waals surface area contributed by atoms with Crippen LogP contribution in [-0.2, 0) is 9.53 Å². The van der Waals surface area contributed by atoms with Crippen LogP contribution >= 0.6 is 23.7 Å². The molecule has 0 atom stereocenters. The molecule has 1 aromatic carbocycles. The molecule has 0 unspecified atom stereocenters. The van der Waals surface area contributed by atoms with Crippen molar-refractivity contribution in [2.24, 2.45) is 11.1 Å². The fourth-order valence-corrected chi connectivity index (χ4v) is 3.39. The number of rotatable bonds is 4. The van der Waals surface area contributed by atoms with E-state index in [-0.39, 0.29) is 18.3 Å². The monoisotopic (exact) mass is 367 g/mol. The van der Waals surface area contributed by atoms with Crippen LogP contribution in [0.15, 0.2) is 29.6 Å². The lowest BCUT2D eigenvalue weighted by molar-refractivity contribution is -0.130. The van der Waals surface area contributed by atoms with E-state index in [2.05, 4.69) is 10.3 Å². The molecule has 3 N–H and O–H groups in total. The van der Waals surface area contributed by atoms with E-state index in [0.29, 0.717) is 32.6 Å². The molecular formula is C17H22ClN3O2S. The number of aromatic nitrogens is 1. The summed E-state index contributed by atoms with van der Waals surface area (Å²) in [6, 6.07) is 7.77. The fraction of sp³-hybridized carbons (Fsp3) is 0.412. The topological polar surface area (TPSA) is 77.2 Å². The molecule has 0 bridgehead atoms. The minimum absolute atomic E-state index is 0. The van der Waals surface area contributed by atoms with Crippen molar-refractivity contribution < 1.29 is 9.53 Å². The lowest BCUT2D eigenvalue weighted by atomic mass is 9.79. The van der Waals surface area contributed by atoms with Crippen LogP contribution in [0.25, 0.3) is 11.3 Å². The van der Waals surface area contributed by atoms with E-state index < -0.39 is 5.41 Å². The third-order valence-electron chi connectivity index (χ3n) is 4.38. The van der Waals surface area contributed by atoms with Crippen molar-refractivity contribution in [2.45, 2.75) is 19.8 Å². The van der Waals surface area contributed by atoms with E-state index in [1.165, 1.54) is 0 Å². The molecule has 0 radical (unpaired) electrons. The van der Waals surface area contributed by atoms with Gasteiger partial charge in [0.2, 0.25) is 5.91 Å². The second-order valence-electron chi connectivity index (χ2n) is 5.88. The van der Waals surface area contributed by atoms with Crippen molar-refractivity contribution in [3.05, 3.63) is 34.7 Å². The third-order valence-corrected chi connectivity index (χ3v) is 5.15. The highest BCUT2D eigenvalue weighted by Gasteiger charge is 2.38. The number of thiazole rings is 1. The van der Waals surface area contributed by atoms with Gasteiger partial charge in [-0.3, -0.25) is 4.79 Å². The van der Waals surface area contributed by atoms with E-state index in [4.69, 9.17) is 10.5 Å². The molecule has 1 aliphatic heterocycles. The maximum absolute atomic E-state index is 12.6. The molecule has 1 aromatic heterocycles. The predicted octanol–water partition coefficient (Wildman–Crippen LogP) is 3.23. The van der Waals surface area contributed by atoms with Crippen LogP contribution in [0, 0.1) is 12.3 Å². The molecule has 0 spiro atoms. The minimum Gasteiger partial charge on any atom is -0.381 e. The molecule has 3 rings (SSSR count). The Hall–Kier alpha value is -1.47. The van der Waals surface area contributed by atoms with Gasteiger partial charge >= 0.3 is 0 Å². The number of nitrogens with two attached hydrogens (primary N) is 1. The van der Waals surface area contributed by atoms with Gasteiger partial charge in [0.05, 0.1) is 16.1 Å². The minimum atomic E-state index is -0.511. The molecule has 2 heterocycles. The number of hydrogen-bond acceptors (Lipinski definition) is 5. The maximum atomic E-state index is 12.6. The molecule has 24 heavy (non-hydrogen) atoms. The van der Waals surface area contributed by atoms with Crippen molar-refractivity contribution in [3.63, 3.8) is 0 Å². The number of ether oxygens (including phenoxy) is 1. The number of carbonyl (C=O) groups excluding carboxylic acids is 1. The summed E-state index contributed by atoms with van der Waals surface area (Å²) in [5, 5.41) is 6.07. The molecule has 1 saturated heterocycles. The number of carbonyl (C=O) groups is 1. The van der Waals surface area contributed by atoms with Gasteiger partial charge in [0.1, 0.15) is 0 Å². The lowest BCUT2D eigenvalue weighted by Gasteiger charge is -2.34. The standard InChI is InChI=1S/C17H21N3O2S.ClH/c1-12-19-15(10-23-12)13-2-4-14(5-3-13)20-16(21)17(11-18)6-8-22-9-7-17;/h2-5,10H,6-9,11,18H2,1H3,(H,20,21);1H. The van der Waals surface area contributed by atoms with E-state index in [9.17, 15) is 4.79 Å². The zero-order chi connectivity index (χ0) is 16.3. The van der Waals surface area contributed by atoms with Crippen molar-refractivity contribution in [1.29, 1.82) is 0 Å². The summed E-state index contributed by atoms with van der Waals surface area (Å²) in [5.41, 5.74) is 8.16. The van der Waals surface area contributed by atoms with E-state index >= 15 is 0 Å². The predicted molar refractivity (Wildman–Crippen MR) is 99.7 cm³/mol. The molecule has 0 saturated carbocycles. The average Bonchev–Trinajstić information content (AvgIpc) is 3.02. The number of nitrogens with one attached hydrogen (secondary N) is 1. The Labute approximate surface area is 152 Å². The van der Waals surface area contributed by atoms with Gasteiger partial charge in [-0.25, -0.2) is 4.98 Å². The highest BCUT2D eigenvalue weighted by Crippen LogP contribution is 2.31. The summed E-state index contributed by atoms with van der Waals surface area (Å²) in [4.78, 5) is 17.1. The molecule has 1 fully saturated rings. The molecule has 1 amide bonds. The van der Waals surface area contributed by atoms with Gasteiger partial charge in [0.15, 0.2) is 0 Å².